The fraction of sp³-hybridized carbons (Fsp3) is 0.222. The second-order valence-electron chi connectivity index (χ2n) is 5.11. The van der Waals surface area contributed by atoms with Crippen LogP contribution in [0.25, 0.3) is 0 Å². The molecular weight excluding hydrogens is 310 g/mol. The number of carbonyl (C=O) groups excluding carboxylic acids is 2. The molecule has 0 radical (unpaired) electrons. The summed E-state index contributed by atoms with van der Waals surface area (Å²) in [5, 5.41) is 2.75. The van der Waals surface area contributed by atoms with Crippen LogP contribution in [0.2, 0.25) is 0 Å². The molecule has 2 aromatic rings. The normalized spacial score (nSPS) is 11.6. The molecule has 0 unspecified atom stereocenters. The van der Waals surface area contributed by atoms with Gasteiger partial charge in [-0.3, -0.25) is 4.79 Å². The van der Waals surface area contributed by atoms with Crippen molar-refractivity contribution < 1.29 is 14.3 Å². The average Bonchev–Trinajstić information content (AvgIpc) is 2.54. The molecule has 0 aliphatic heterocycles. The third-order valence-electron chi connectivity index (χ3n) is 3.27. The molecule has 0 fully saturated rings. The maximum absolute atomic E-state index is 12.2. The summed E-state index contributed by atoms with van der Waals surface area (Å²) in [6, 6.07) is 14.6. The maximum Gasteiger partial charge on any atom is 0.340 e. The van der Waals surface area contributed by atoms with Gasteiger partial charge in [0.1, 0.15) is 0 Å². The van der Waals surface area contributed by atoms with Gasteiger partial charge < -0.3 is 10.1 Å². The SMILES string of the molecule is CSc1ccccc1C(=O)O[C@H](C)C(=O)Nc1cccc(C)c1. The molecule has 1 atom stereocenters. The Balaban J connectivity index is 2.01. The van der Waals surface area contributed by atoms with Gasteiger partial charge in [0.15, 0.2) is 6.10 Å². The van der Waals surface area contributed by atoms with Gasteiger partial charge in [0.25, 0.3) is 5.91 Å². The standard InChI is InChI=1S/C18H19NO3S/c1-12-7-6-8-14(11-12)19-17(20)13(2)22-18(21)15-9-4-5-10-16(15)23-3/h4-11,13H,1-3H3,(H,19,20)/t13-/m1/s1. The van der Waals surface area contributed by atoms with Gasteiger partial charge in [0.05, 0.1) is 5.56 Å². The topological polar surface area (TPSA) is 55.4 Å². The molecule has 0 aliphatic carbocycles. The van der Waals surface area contributed by atoms with Gasteiger partial charge in [0, 0.05) is 10.6 Å². The van der Waals surface area contributed by atoms with Crippen LogP contribution in [0, 0.1) is 6.92 Å². The molecule has 1 N–H and O–H groups in total. The summed E-state index contributed by atoms with van der Waals surface area (Å²) in [7, 11) is 0. The van der Waals surface area contributed by atoms with Crippen molar-refractivity contribution in [2.75, 3.05) is 11.6 Å². The van der Waals surface area contributed by atoms with Gasteiger partial charge in [-0.05, 0) is 49.9 Å². The van der Waals surface area contributed by atoms with Crippen molar-refractivity contribution in [2.45, 2.75) is 24.8 Å². The fourth-order valence-electron chi connectivity index (χ4n) is 2.06. The summed E-state index contributed by atoms with van der Waals surface area (Å²) in [6.07, 6.45) is 1.01. The number of thioether (sulfide) groups is 1. The first-order valence-electron chi connectivity index (χ1n) is 7.23. The van der Waals surface area contributed by atoms with E-state index >= 15 is 0 Å². The predicted molar refractivity (Wildman–Crippen MR) is 92.9 cm³/mol. The largest absolute Gasteiger partial charge is 0.449 e. The average molecular weight is 329 g/mol. The lowest BCUT2D eigenvalue weighted by Gasteiger charge is -2.15. The van der Waals surface area contributed by atoms with Crippen LogP contribution < -0.4 is 5.32 Å². The summed E-state index contributed by atoms with van der Waals surface area (Å²) < 4.78 is 5.28. The molecule has 1 amide bonds. The van der Waals surface area contributed by atoms with Gasteiger partial charge in [0.2, 0.25) is 0 Å². The number of benzene rings is 2. The Labute approximate surface area is 140 Å². The molecule has 4 nitrogen and oxygen atoms in total. The van der Waals surface area contributed by atoms with Crippen molar-refractivity contribution in [1.82, 2.24) is 0 Å². The van der Waals surface area contributed by atoms with Crippen molar-refractivity contribution in [3.63, 3.8) is 0 Å². The molecule has 0 aromatic heterocycles. The Morgan fingerprint density at radius 2 is 1.87 bits per heavy atom. The molecule has 0 saturated heterocycles. The van der Waals surface area contributed by atoms with Crippen LogP contribution in [0.15, 0.2) is 53.4 Å². The van der Waals surface area contributed by atoms with Crippen molar-refractivity contribution >= 4 is 29.3 Å². The van der Waals surface area contributed by atoms with E-state index in [1.54, 1.807) is 25.1 Å². The lowest BCUT2D eigenvalue weighted by Crippen LogP contribution is -2.30. The number of amides is 1. The Kier molecular flexibility index (Phi) is 5.82. The number of ether oxygens (including phenoxy) is 1. The molecule has 0 bridgehead atoms. The molecule has 0 saturated carbocycles. The summed E-state index contributed by atoms with van der Waals surface area (Å²) in [5.74, 6) is -0.854. The lowest BCUT2D eigenvalue weighted by atomic mass is 10.2. The lowest BCUT2D eigenvalue weighted by molar-refractivity contribution is -0.123. The molecule has 2 rings (SSSR count). The molecular formula is C18H19NO3S. The van der Waals surface area contributed by atoms with Crippen molar-refractivity contribution in [2.24, 2.45) is 0 Å². The smallest absolute Gasteiger partial charge is 0.340 e. The zero-order valence-corrected chi connectivity index (χ0v) is 14.1. The second kappa shape index (κ2) is 7.83. The van der Waals surface area contributed by atoms with Gasteiger partial charge in [-0.15, -0.1) is 11.8 Å². The second-order valence-corrected chi connectivity index (χ2v) is 5.95. The van der Waals surface area contributed by atoms with Crippen LogP contribution in [0.4, 0.5) is 5.69 Å². The zero-order valence-electron chi connectivity index (χ0n) is 13.3. The summed E-state index contributed by atoms with van der Waals surface area (Å²) in [6.45, 7) is 3.50. The summed E-state index contributed by atoms with van der Waals surface area (Å²) >= 11 is 1.46. The van der Waals surface area contributed by atoms with E-state index in [1.807, 2.05) is 43.5 Å². The Bertz CT molecular complexity index is 715. The number of aryl methyl sites for hydroxylation is 1. The highest BCUT2D eigenvalue weighted by atomic mass is 32.2. The van der Waals surface area contributed by atoms with E-state index in [2.05, 4.69) is 5.32 Å². The predicted octanol–water partition coefficient (Wildman–Crippen LogP) is 3.90. The van der Waals surface area contributed by atoms with Crippen molar-refractivity contribution in [3.8, 4) is 0 Å². The van der Waals surface area contributed by atoms with Gasteiger partial charge in [-0.25, -0.2) is 4.79 Å². The van der Waals surface area contributed by atoms with Crippen LogP contribution in [-0.2, 0) is 9.53 Å². The van der Waals surface area contributed by atoms with Crippen LogP contribution in [0.5, 0.6) is 0 Å². The summed E-state index contributed by atoms with van der Waals surface area (Å²) in [5.41, 5.74) is 2.19. The van der Waals surface area contributed by atoms with Gasteiger partial charge in [-0.2, -0.15) is 0 Å². The fourth-order valence-corrected chi connectivity index (χ4v) is 2.64. The van der Waals surface area contributed by atoms with Crippen LogP contribution in [0.3, 0.4) is 0 Å². The number of carbonyl (C=O) groups is 2. The first-order chi connectivity index (χ1) is 11.0. The minimum absolute atomic E-state index is 0.356. The number of anilines is 1. The minimum atomic E-state index is -0.877. The number of hydrogen-bond donors (Lipinski definition) is 1. The van der Waals surface area contributed by atoms with E-state index in [0.717, 1.165) is 10.5 Å². The Morgan fingerprint density at radius 3 is 2.57 bits per heavy atom. The maximum atomic E-state index is 12.2. The van der Waals surface area contributed by atoms with E-state index in [1.165, 1.54) is 11.8 Å². The van der Waals surface area contributed by atoms with Crippen LogP contribution >= 0.6 is 11.8 Å². The highest BCUT2D eigenvalue weighted by Gasteiger charge is 2.20. The molecule has 2 aromatic carbocycles. The van der Waals surface area contributed by atoms with Crippen LogP contribution in [-0.4, -0.2) is 24.2 Å². The van der Waals surface area contributed by atoms with Gasteiger partial charge in [-0.1, -0.05) is 24.3 Å². The first kappa shape index (κ1) is 17.1. The Hall–Kier alpha value is -2.27. The van der Waals surface area contributed by atoms with Crippen molar-refractivity contribution in [1.29, 1.82) is 0 Å². The number of esters is 1. The Morgan fingerprint density at radius 1 is 1.13 bits per heavy atom. The molecule has 0 spiro atoms. The van der Waals surface area contributed by atoms with Gasteiger partial charge >= 0.3 is 5.97 Å². The number of hydrogen-bond acceptors (Lipinski definition) is 4. The van der Waals surface area contributed by atoms with Crippen molar-refractivity contribution in [3.05, 3.63) is 59.7 Å². The zero-order chi connectivity index (χ0) is 16.8. The summed E-state index contributed by atoms with van der Waals surface area (Å²) in [4.78, 5) is 25.2. The monoisotopic (exact) mass is 329 g/mol. The molecule has 0 heterocycles. The van der Waals surface area contributed by atoms with E-state index in [4.69, 9.17) is 4.74 Å². The van der Waals surface area contributed by atoms with E-state index in [0.29, 0.717) is 11.3 Å². The molecule has 120 valence electrons. The number of rotatable bonds is 5. The highest BCUT2D eigenvalue weighted by Crippen LogP contribution is 2.21. The molecule has 5 heteroatoms. The van der Waals surface area contributed by atoms with Crippen LogP contribution in [0.1, 0.15) is 22.8 Å². The molecule has 0 aliphatic rings. The van der Waals surface area contributed by atoms with E-state index in [-0.39, 0.29) is 5.91 Å². The van der Waals surface area contributed by atoms with E-state index in [9.17, 15) is 9.59 Å². The minimum Gasteiger partial charge on any atom is -0.449 e. The third kappa shape index (κ3) is 4.60. The molecule has 23 heavy (non-hydrogen) atoms. The quantitative estimate of drug-likeness (QED) is 0.668. The van der Waals surface area contributed by atoms with E-state index < -0.39 is 12.1 Å². The third-order valence-corrected chi connectivity index (χ3v) is 4.06. The highest BCUT2D eigenvalue weighted by molar-refractivity contribution is 7.98. The first-order valence-corrected chi connectivity index (χ1v) is 8.45. The number of nitrogens with one attached hydrogen (secondary N) is 1.